The van der Waals surface area contributed by atoms with Crippen LogP contribution in [0.2, 0.25) is 0 Å². The Kier molecular flexibility index (Phi) is 5.12. The minimum absolute atomic E-state index is 0.0625. The first kappa shape index (κ1) is 19.3. The molecule has 2 saturated heterocycles. The molecule has 1 unspecified atom stereocenters. The highest BCUT2D eigenvalue weighted by Crippen LogP contribution is 2.33. The van der Waals surface area contributed by atoms with E-state index in [0.717, 1.165) is 38.2 Å². The van der Waals surface area contributed by atoms with E-state index in [4.69, 9.17) is 9.72 Å². The number of aromatic nitrogens is 2. The minimum Gasteiger partial charge on any atom is -0.459 e. The second-order valence-electron chi connectivity index (χ2n) is 9.13. The van der Waals surface area contributed by atoms with Gasteiger partial charge in [-0.05, 0) is 33.7 Å². The number of fused-ring (bicyclic) bond motifs is 1. The molecule has 28 heavy (non-hydrogen) atoms. The van der Waals surface area contributed by atoms with Crippen molar-refractivity contribution in [2.75, 3.05) is 26.7 Å². The molecular weight excluding hydrogens is 356 g/mol. The summed E-state index contributed by atoms with van der Waals surface area (Å²) in [6.45, 7) is 7.17. The number of esters is 1. The normalized spacial score (nSPS) is 25.5. The number of likely N-dealkylation sites (N-methyl/N-ethyl adjacent to an activating group) is 1. The summed E-state index contributed by atoms with van der Waals surface area (Å²) in [5, 5.41) is 0. The zero-order valence-corrected chi connectivity index (χ0v) is 17.1. The Balaban J connectivity index is 1.32. The quantitative estimate of drug-likeness (QED) is 0.739. The number of nitrogens with zero attached hydrogens (tertiary/aromatic N) is 4. The van der Waals surface area contributed by atoms with Gasteiger partial charge < -0.3 is 14.5 Å². The van der Waals surface area contributed by atoms with Gasteiger partial charge in [0.2, 0.25) is 5.91 Å². The molecule has 3 aliphatic rings. The molecule has 7 nitrogen and oxygen atoms in total. The van der Waals surface area contributed by atoms with Crippen LogP contribution in [0.5, 0.6) is 0 Å². The highest BCUT2D eigenvalue weighted by atomic mass is 16.6. The number of hydrogen-bond acceptors (Lipinski definition) is 6. The zero-order chi connectivity index (χ0) is 19.9. The predicted molar refractivity (Wildman–Crippen MR) is 104 cm³/mol. The van der Waals surface area contributed by atoms with Gasteiger partial charge >= 0.3 is 5.97 Å². The molecule has 0 radical (unpaired) electrons. The van der Waals surface area contributed by atoms with Gasteiger partial charge in [0, 0.05) is 68.8 Å². The number of likely N-dealkylation sites (tertiary alicyclic amines) is 1. The summed E-state index contributed by atoms with van der Waals surface area (Å²) < 4.78 is 5.35. The van der Waals surface area contributed by atoms with Crippen LogP contribution in [-0.4, -0.2) is 63.9 Å². The molecule has 2 fully saturated rings. The molecule has 4 heterocycles. The topological polar surface area (TPSA) is 75.6 Å². The SMILES string of the molecule is CN1CCc2nc(C3CCN(C(=O)CC4CC(C)(C)OC4=O)CC3)ncc2C1. The van der Waals surface area contributed by atoms with E-state index in [1.807, 2.05) is 24.9 Å². The van der Waals surface area contributed by atoms with E-state index in [2.05, 4.69) is 16.9 Å². The average molecular weight is 386 g/mol. The Morgan fingerprint density at radius 2 is 2.04 bits per heavy atom. The Bertz CT molecular complexity index is 771. The summed E-state index contributed by atoms with van der Waals surface area (Å²) >= 11 is 0. The summed E-state index contributed by atoms with van der Waals surface area (Å²) in [7, 11) is 2.12. The Morgan fingerprint density at radius 3 is 2.71 bits per heavy atom. The lowest BCUT2D eigenvalue weighted by atomic mass is 9.92. The maximum Gasteiger partial charge on any atom is 0.310 e. The molecule has 152 valence electrons. The van der Waals surface area contributed by atoms with Gasteiger partial charge in [0.05, 0.1) is 5.92 Å². The second kappa shape index (κ2) is 7.43. The van der Waals surface area contributed by atoms with Gasteiger partial charge in [0.1, 0.15) is 11.4 Å². The highest BCUT2D eigenvalue weighted by molar-refractivity contribution is 5.84. The molecule has 0 spiro atoms. The molecule has 1 aromatic rings. The standard InChI is InChI=1S/C21H30N4O3/c1-21(2)11-15(20(27)28-21)10-18(26)25-8-4-14(5-9-25)19-22-12-16-13-24(3)7-6-17(16)23-19/h12,14-15H,4-11,13H2,1-3H3. The van der Waals surface area contributed by atoms with Gasteiger partial charge in [-0.3, -0.25) is 9.59 Å². The van der Waals surface area contributed by atoms with Crippen LogP contribution in [0.3, 0.4) is 0 Å². The van der Waals surface area contributed by atoms with Gasteiger partial charge in [-0.25, -0.2) is 9.97 Å². The summed E-state index contributed by atoms with van der Waals surface area (Å²) in [6, 6.07) is 0. The van der Waals surface area contributed by atoms with E-state index in [-0.39, 0.29) is 24.2 Å². The number of ether oxygens (including phenoxy) is 1. The molecule has 1 aromatic heterocycles. The van der Waals surface area contributed by atoms with Crippen LogP contribution in [0.15, 0.2) is 6.20 Å². The van der Waals surface area contributed by atoms with Crippen LogP contribution in [-0.2, 0) is 27.3 Å². The Hall–Kier alpha value is -2.02. The summed E-state index contributed by atoms with van der Waals surface area (Å²) in [6.07, 6.45) is 5.60. The fraction of sp³-hybridized carbons (Fsp3) is 0.714. The van der Waals surface area contributed by atoms with E-state index >= 15 is 0 Å². The van der Waals surface area contributed by atoms with Crippen LogP contribution in [0.1, 0.15) is 62.5 Å². The first-order valence-electron chi connectivity index (χ1n) is 10.3. The molecular formula is C21H30N4O3. The molecule has 0 aliphatic carbocycles. The largest absolute Gasteiger partial charge is 0.459 e. The maximum absolute atomic E-state index is 12.7. The molecule has 0 bridgehead atoms. The molecule has 3 aliphatic heterocycles. The Morgan fingerprint density at radius 1 is 1.29 bits per heavy atom. The smallest absolute Gasteiger partial charge is 0.310 e. The average Bonchev–Trinajstić information content (AvgIpc) is 2.92. The number of carbonyl (C=O) groups excluding carboxylic acids is 2. The minimum atomic E-state index is -0.451. The van der Waals surface area contributed by atoms with Crippen LogP contribution in [0, 0.1) is 5.92 Å². The molecule has 4 rings (SSSR count). The monoisotopic (exact) mass is 386 g/mol. The van der Waals surface area contributed by atoms with Crippen molar-refractivity contribution in [1.82, 2.24) is 19.8 Å². The third-order valence-corrected chi connectivity index (χ3v) is 6.23. The molecule has 0 aromatic carbocycles. The fourth-order valence-electron chi connectivity index (χ4n) is 4.63. The number of piperidine rings is 1. The second-order valence-corrected chi connectivity index (χ2v) is 9.13. The summed E-state index contributed by atoms with van der Waals surface area (Å²) in [4.78, 5) is 38.3. The van der Waals surface area contributed by atoms with Gasteiger partial charge in [-0.15, -0.1) is 0 Å². The number of rotatable bonds is 3. The first-order chi connectivity index (χ1) is 13.3. The van der Waals surface area contributed by atoms with Crippen molar-refractivity contribution < 1.29 is 14.3 Å². The maximum atomic E-state index is 12.7. The third-order valence-electron chi connectivity index (χ3n) is 6.23. The molecule has 1 amide bonds. The van der Waals surface area contributed by atoms with Crippen LogP contribution < -0.4 is 0 Å². The number of hydrogen-bond donors (Lipinski definition) is 0. The van der Waals surface area contributed by atoms with Crippen LogP contribution in [0.4, 0.5) is 0 Å². The van der Waals surface area contributed by atoms with Crippen molar-refractivity contribution >= 4 is 11.9 Å². The zero-order valence-electron chi connectivity index (χ0n) is 17.1. The molecule has 7 heteroatoms. The van der Waals surface area contributed by atoms with Crippen molar-refractivity contribution in [2.24, 2.45) is 5.92 Å². The van der Waals surface area contributed by atoms with E-state index in [9.17, 15) is 9.59 Å². The number of cyclic esters (lactones) is 1. The van der Waals surface area contributed by atoms with E-state index in [1.54, 1.807) is 0 Å². The van der Waals surface area contributed by atoms with Crippen LogP contribution >= 0.6 is 0 Å². The van der Waals surface area contributed by atoms with Crippen molar-refractivity contribution in [3.05, 3.63) is 23.3 Å². The predicted octanol–water partition coefficient (Wildman–Crippen LogP) is 1.90. The molecule has 1 atom stereocenters. The van der Waals surface area contributed by atoms with Crippen molar-refractivity contribution in [2.45, 2.75) is 64.0 Å². The highest BCUT2D eigenvalue weighted by Gasteiger charge is 2.41. The van der Waals surface area contributed by atoms with E-state index in [0.29, 0.717) is 25.4 Å². The van der Waals surface area contributed by atoms with Gasteiger partial charge in [0.15, 0.2) is 0 Å². The molecule has 0 N–H and O–H groups in total. The number of amides is 1. The van der Waals surface area contributed by atoms with Gasteiger partial charge in [-0.1, -0.05) is 0 Å². The fourth-order valence-corrected chi connectivity index (χ4v) is 4.63. The van der Waals surface area contributed by atoms with E-state index in [1.165, 1.54) is 11.3 Å². The third kappa shape index (κ3) is 4.04. The number of carbonyl (C=O) groups is 2. The lowest BCUT2D eigenvalue weighted by molar-refractivity contribution is -0.150. The van der Waals surface area contributed by atoms with Gasteiger partial charge in [0.25, 0.3) is 0 Å². The van der Waals surface area contributed by atoms with E-state index < -0.39 is 5.60 Å². The van der Waals surface area contributed by atoms with Crippen molar-refractivity contribution in [3.8, 4) is 0 Å². The first-order valence-corrected chi connectivity index (χ1v) is 10.3. The van der Waals surface area contributed by atoms with Crippen molar-refractivity contribution in [3.63, 3.8) is 0 Å². The van der Waals surface area contributed by atoms with Gasteiger partial charge in [-0.2, -0.15) is 0 Å². The summed E-state index contributed by atoms with van der Waals surface area (Å²) in [5.41, 5.74) is 1.97. The van der Waals surface area contributed by atoms with Crippen molar-refractivity contribution in [1.29, 1.82) is 0 Å². The Labute approximate surface area is 166 Å². The lowest BCUT2D eigenvalue weighted by Crippen LogP contribution is -2.39. The summed E-state index contributed by atoms with van der Waals surface area (Å²) in [5.74, 6) is 0.761. The van der Waals surface area contributed by atoms with Crippen LogP contribution in [0.25, 0.3) is 0 Å². The molecule has 0 saturated carbocycles. The lowest BCUT2D eigenvalue weighted by Gasteiger charge is -2.32.